The lowest BCUT2D eigenvalue weighted by Crippen LogP contribution is -2.41. The summed E-state index contributed by atoms with van der Waals surface area (Å²) in [6.07, 6.45) is 2.42. The van der Waals surface area contributed by atoms with Crippen molar-refractivity contribution in [2.24, 2.45) is 5.92 Å². The number of rotatable bonds is 4. The van der Waals surface area contributed by atoms with Gasteiger partial charge in [-0.05, 0) is 43.4 Å². The molecule has 0 aromatic heterocycles. The van der Waals surface area contributed by atoms with E-state index in [1.54, 1.807) is 12.1 Å². The fourth-order valence-electron chi connectivity index (χ4n) is 1.76. The van der Waals surface area contributed by atoms with Gasteiger partial charge in [0.1, 0.15) is 5.82 Å². The van der Waals surface area contributed by atoms with Crippen LogP contribution in [0, 0.1) is 11.7 Å². The van der Waals surface area contributed by atoms with Crippen molar-refractivity contribution in [3.8, 4) is 0 Å². The summed E-state index contributed by atoms with van der Waals surface area (Å²) in [4.78, 5) is 11.5. The molecule has 1 aromatic carbocycles. The van der Waals surface area contributed by atoms with Crippen molar-refractivity contribution in [1.82, 2.24) is 10.6 Å². The van der Waals surface area contributed by atoms with Crippen LogP contribution in [0.2, 0.25) is 0 Å². The molecule has 1 aliphatic carbocycles. The van der Waals surface area contributed by atoms with Crippen LogP contribution in [0.15, 0.2) is 24.3 Å². The normalized spacial score (nSPS) is 16.4. The first-order valence-electron chi connectivity index (χ1n) is 5.94. The topological polar surface area (TPSA) is 41.1 Å². The van der Waals surface area contributed by atoms with E-state index >= 15 is 0 Å². The zero-order valence-electron chi connectivity index (χ0n) is 9.87. The first-order valence-corrected chi connectivity index (χ1v) is 5.94. The Morgan fingerprint density at radius 1 is 1.41 bits per heavy atom. The first kappa shape index (κ1) is 11.9. The Hall–Kier alpha value is -1.58. The average Bonchev–Trinajstić information content (AvgIpc) is 3.12. The minimum atomic E-state index is -0.263. The number of halogens is 1. The summed E-state index contributed by atoms with van der Waals surface area (Å²) in [5.74, 6) is 0.382. The van der Waals surface area contributed by atoms with Crippen molar-refractivity contribution < 1.29 is 9.18 Å². The van der Waals surface area contributed by atoms with Crippen LogP contribution >= 0.6 is 0 Å². The van der Waals surface area contributed by atoms with Gasteiger partial charge in [-0.25, -0.2) is 9.18 Å². The van der Waals surface area contributed by atoms with E-state index in [0.717, 1.165) is 5.56 Å². The van der Waals surface area contributed by atoms with E-state index in [1.807, 2.05) is 6.92 Å². The van der Waals surface area contributed by atoms with Crippen LogP contribution in [0.1, 0.15) is 25.3 Å². The molecule has 2 N–H and O–H groups in total. The molecule has 0 aliphatic heterocycles. The van der Waals surface area contributed by atoms with Gasteiger partial charge in [-0.3, -0.25) is 0 Å². The van der Waals surface area contributed by atoms with E-state index in [9.17, 15) is 9.18 Å². The molecule has 3 nitrogen and oxygen atoms in total. The highest BCUT2D eigenvalue weighted by Gasteiger charge is 2.28. The molecule has 0 saturated heterocycles. The van der Waals surface area contributed by atoms with E-state index in [-0.39, 0.29) is 17.9 Å². The lowest BCUT2D eigenvalue weighted by molar-refractivity contribution is 0.236. The SMILES string of the molecule is C[C@@H](NC(=O)NCc1ccc(F)cc1)C1CC1. The summed E-state index contributed by atoms with van der Waals surface area (Å²) in [6, 6.07) is 6.19. The molecule has 1 fully saturated rings. The minimum absolute atomic E-state index is 0.159. The number of carbonyl (C=O) groups is 1. The highest BCUT2D eigenvalue weighted by atomic mass is 19.1. The zero-order valence-corrected chi connectivity index (χ0v) is 9.87. The molecule has 0 heterocycles. The largest absolute Gasteiger partial charge is 0.335 e. The van der Waals surface area contributed by atoms with Gasteiger partial charge in [-0.2, -0.15) is 0 Å². The number of nitrogens with one attached hydrogen (secondary N) is 2. The van der Waals surface area contributed by atoms with Crippen molar-refractivity contribution in [3.63, 3.8) is 0 Å². The summed E-state index contributed by atoms with van der Waals surface area (Å²) in [7, 11) is 0. The van der Waals surface area contributed by atoms with Gasteiger partial charge in [0.15, 0.2) is 0 Å². The molecular formula is C13H17FN2O. The maximum absolute atomic E-state index is 12.7. The van der Waals surface area contributed by atoms with E-state index in [2.05, 4.69) is 10.6 Å². The van der Waals surface area contributed by atoms with Gasteiger partial charge >= 0.3 is 6.03 Å². The fraction of sp³-hybridized carbons (Fsp3) is 0.462. The second-order valence-corrected chi connectivity index (χ2v) is 4.58. The van der Waals surface area contributed by atoms with Crippen molar-refractivity contribution >= 4 is 6.03 Å². The van der Waals surface area contributed by atoms with Gasteiger partial charge in [-0.15, -0.1) is 0 Å². The summed E-state index contributed by atoms with van der Waals surface area (Å²) in [5.41, 5.74) is 0.889. The summed E-state index contributed by atoms with van der Waals surface area (Å²) in [6.45, 7) is 2.44. The highest BCUT2D eigenvalue weighted by molar-refractivity contribution is 5.74. The quantitative estimate of drug-likeness (QED) is 0.828. The van der Waals surface area contributed by atoms with Gasteiger partial charge < -0.3 is 10.6 Å². The third-order valence-corrected chi connectivity index (χ3v) is 3.05. The Morgan fingerprint density at radius 3 is 2.65 bits per heavy atom. The Labute approximate surface area is 100 Å². The van der Waals surface area contributed by atoms with Crippen molar-refractivity contribution in [2.75, 3.05) is 0 Å². The third kappa shape index (κ3) is 3.73. The van der Waals surface area contributed by atoms with Crippen molar-refractivity contribution in [2.45, 2.75) is 32.4 Å². The number of benzene rings is 1. The molecule has 4 heteroatoms. The van der Waals surface area contributed by atoms with E-state index < -0.39 is 0 Å². The number of urea groups is 1. The molecule has 1 aliphatic rings. The van der Waals surface area contributed by atoms with Crippen LogP contribution in [0.5, 0.6) is 0 Å². The van der Waals surface area contributed by atoms with Gasteiger partial charge in [0, 0.05) is 12.6 Å². The monoisotopic (exact) mass is 236 g/mol. The molecule has 1 saturated carbocycles. The predicted molar refractivity (Wildman–Crippen MR) is 64.0 cm³/mol. The predicted octanol–water partition coefficient (Wildman–Crippen LogP) is 2.42. The molecule has 1 atom stereocenters. The molecule has 2 amide bonds. The number of carbonyl (C=O) groups excluding carboxylic acids is 1. The summed E-state index contributed by atoms with van der Waals surface area (Å²) >= 11 is 0. The molecular weight excluding hydrogens is 219 g/mol. The standard InChI is InChI=1S/C13H17FN2O/c1-9(11-4-5-11)16-13(17)15-8-10-2-6-12(14)7-3-10/h2-3,6-7,9,11H,4-5,8H2,1H3,(H2,15,16,17)/t9-/m1/s1. The molecule has 92 valence electrons. The Balaban J connectivity index is 1.73. The smallest absolute Gasteiger partial charge is 0.315 e. The maximum Gasteiger partial charge on any atom is 0.315 e. The third-order valence-electron chi connectivity index (χ3n) is 3.05. The zero-order chi connectivity index (χ0) is 12.3. The molecule has 2 rings (SSSR count). The Bertz CT molecular complexity index is 387. The van der Waals surface area contributed by atoms with E-state index in [4.69, 9.17) is 0 Å². The van der Waals surface area contributed by atoms with Crippen LogP contribution in [0.25, 0.3) is 0 Å². The molecule has 1 aromatic rings. The lowest BCUT2D eigenvalue weighted by atomic mass is 10.2. The highest BCUT2D eigenvalue weighted by Crippen LogP contribution is 2.32. The molecule has 17 heavy (non-hydrogen) atoms. The van der Waals surface area contributed by atoms with Crippen LogP contribution < -0.4 is 10.6 Å². The van der Waals surface area contributed by atoms with Crippen LogP contribution in [-0.2, 0) is 6.54 Å². The second-order valence-electron chi connectivity index (χ2n) is 4.58. The second kappa shape index (κ2) is 5.17. The number of hydrogen-bond acceptors (Lipinski definition) is 1. The molecule has 0 radical (unpaired) electrons. The van der Waals surface area contributed by atoms with Crippen molar-refractivity contribution in [3.05, 3.63) is 35.6 Å². The van der Waals surface area contributed by atoms with Crippen molar-refractivity contribution in [1.29, 1.82) is 0 Å². The van der Waals surface area contributed by atoms with E-state index in [0.29, 0.717) is 12.5 Å². The number of amides is 2. The molecule has 0 unspecified atom stereocenters. The molecule has 0 bridgehead atoms. The van der Waals surface area contributed by atoms with Crippen LogP contribution in [0.3, 0.4) is 0 Å². The number of hydrogen-bond donors (Lipinski definition) is 2. The van der Waals surface area contributed by atoms with E-state index in [1.165, 1.54) is 25.0 Å². The Kier molecular flexibility index (Phi) is 3.61. The summed E-state index contributed by atoms with van der Waals surface area (Å²) < 4.78 is 12.7. The fourth-order valence-corrected chi connectivity index (χ4v) is 1.76. The van der Waals surface area contributed by atoms with Gasteiger partial charge in [0.2, 0.25) is 0 Å². The maximum atomic E-state index is 12.7. The first-order chi connectivity index (χ1) is 8.15. The van der Waals surface area contributed by atoms with Crippen LogP contribution in [0.4, 0.5) is 9.18 Å². The van der Waals surface area contributed by atoms with Gasteiger partial charge in [-0.1, -0.05) is 12.1 Å². The molecule has 0 spiro atoms. The summed E-state index contributed by atoms with van der Waals surface area (Å²) in [5, 5.41) is 5.66. The van der Waals surface area contributed by atoms with Gasteiger partial charge in [0.05, 0.1) is 0 Å². The lowest BCUT2D eigenvalue weighted by Gasteiger charge is -2.13. The Morgan fingerprint density at radius 2 is 2.06 bits per heavy atom. The van der Waals surface area contributed by atoms with Gasteiger partial charge in [0.25, 0.3) is 0 Å². The average molecular weight is 236 g/mol. The minimum Gasteiger partial charge on any atom is -0.335 e. The van der Waals surface area contributed by atoms with Crippen LogP contribution in [-0.4, -0.2) is 12.1 Å².